The van der Waals surface area contributed by atoms with Gasteiger partial charge in [-0.3, -0.25) is 0 Å². The summed E-state index contributed by atoms with van der Waals surface area (Å²) < 4.78 is 1.24. The minimum atomic E-state index is 0.684. The Kier molecular flexibility index (Phi) is 3.83. The van der Waals surface area contributed by atoms with E-state index in [9.17, 15) is 0 Å². The van der Waals surface area contributed by atoms with Crippen LogP contribution < -0.4 is 5.32 Å². The van der Waals surface area contributed by atoms with Crippen LogP contribution >= 0.6 is 27.3 Å². The van der Waals surface area contributed by atoms with Crippen LogP contribution in [0.15, 0.2) is 46.3 Å². The van der Waals surface area contributed by atoms with Crippen LogP contribution in [0.5, 0.6) is 0 Å². The molecule has 94 valence electrons. The highest BCUT2D eigenvalue weighted by molar-refractivity contribution is 9.10. The highest BCUT2D eigenvalue weighted by Gasteiger charge is 2.29. The summed E-state index contributed by atoms with van der Waals surface area (Å²) in [6.45, 7) is 0.991. The molecule has 0 amide bonds. The Balaban J connectivity index is 1.47. The molecule has 1 aromatic carbocycles. The largest absolute Gasteiger partial charge is 0.309 e. The van der Waals surface area contributed by atoms with E-state index < -0.39 is 0 Å². The summed E-state index contributed by atoms with van der Waals surface area (Å²) in [4.78, 5) is 1.40. The van der Waals surface area contributed by atoms with Crippen molar-refractivity contribution in [3.05, 3.63) is 56.7 Å². The summed E-state index contributed by atoms with van der Waals surface area (Å²) in [6.07, 6.45) is 2.54. The Morgan fingerprint density at radius 1 is 1.17 bits per heavy atom. The van der Waals surface area contributed by atoms with Gasteiger partial charge in [0.05, 0.1) is 0 Å². The summed E-state index contributed by atoms with van der Waals surface area (Å²) >= 11 is 5.39. The van der Waals surface area contributed by atoms with Crippen LogP contribution in [0, 0.1) is 0 Å². The average molecular weight is 322 g/mol. The number of hydrogen-bond donors (Lipinski definition) is 1. The van der Waals surface area contributed by atoms with Gasteiger partial charge >= 0.3 is 0 Å². The molecule has 3 rings (SSSR count). The maximum atomic E-state index is 3.64. The first-order valence-electron chi connectivity index (χ1n) is 6.33. The van der Waals surface area contributed by atoms with Crippen molar-refractivity contribution in [1.29, 1.82) is 0 Å². The molecular weight excluding hydrogens is 306 g/mol. The Hall–Kier alpha value is -0.640. The number of nitrogens with one attached hydrogen (secondary N) is 1. The van der Waals surface area contributed by atoms with Gasteiger partial charge in [-0.25, -0.2) is 0 Å². The van der Waals surface area contributed by atoms with Crippen LogP contribution in [0.25, 0.3) is 0 Å². The van der Waals surface area contributed by atoms with Gasteiger partial charge in [0.15, 0.2) is 0 Å². The quantitative estimate of drug-likeness (QED) is 0.871. The molecular formula is C15H16BrNS. The molecule has 1 N–H and O–H groups in total. The average Bonchev–Trinajstić information content (AvgIpc) is 2.74. The van der Waals surface area contributed by atoms with E-state index >= 15 is 0 Å². The summed E-state index contributed by atoms with van der Waals surface area (Å²) in [7, 11) is 0. The topological polar surface area (TPSA) is 12.0 Å². The lowest BCUT2D eigenvalue weighted by molar-refractivity contribution is 0.290. The molecule has 0 spiro atoms. The molecule has 0 saturated heterocycles. The lowest BCUT2D eigenvalue weighted by Crippen LogP contribution is -2.39. The van der Waals surface area contributed by atoms with Crippen LogP contribution in [0.1, 0.15) is 29.2 Å². The summed E-state index contributed by atoms with van der Waals surface area (Å²) in [5, 5.41) is 5.78. The summed E-state index contributed by atoms with van der Waals surface area (Å²) in [5.41, 5.74) is 1.49. The van der Waals surface area contributed by atoms with E-state index in [2.05, 4.69) is 63.0 Å². The number of thiophene rings is 1. The SMILES string of the molecule is Brc1ccsc1CNC1CC(c2ccccc2)C1. The van der Waals surface area contributed by atoms with Gasteiger partial charge in [-0.15, -0.1) is 11.3 Å². The second-order valence-corrected chi connectivity index (χ2v) is 6.70. The zero-order valence-corrected chi connectivity index (χ0v) is 12.5. The van der Waals surface area contributed by atoms with Gasteiger partial charge in [0, 0.05) is 21.9 Å². The smallest absolute Gasteiger partial charge is 0.0327 e. The molecule has 1 saturated carbocycles. The molecule has 3 heteroatoms. The first-order valence-corrected chi connectivity index (χ1v) is 8.00. The third-order valence-corrected chi connectivity index (χ3v) is 5.58. The monoisotopic (exact) mass is 321 g/mol. The van der Waals surface area contributed by atoms with E-state index in [1.54, 1.807) is 0 Å². The van der Waals surface area contributed by atoms with Crippen molar-refractivity contribution in [2.75, 3.05) is 0 Å². The minimum Gasteiger partial charge on any atom is -0.309 e. The number of rotatable bonds is 4. The highest BCUT2D eigenvalue weighted by Crippen LogP contribution is 2.37. The van der Waals surface area contributed by atoms with Crippen LogP contribution in [-0.4, -0.2) is 6.04 Å². The molecule has 1 nitrogen and oxygen atoms in total. The van der Waals surface area contributed by atoms with Crippen molar-refractivity contribution in [3.8, 4) is 0 Å². The second-order valence-electron chi connectivity index (χ2n) is 4.85. The molecule has 0 atom stereocenters. The molecule has 1 aliphatic rings. The highest BCUT2D eigenvalue weighted by atomic mass is 79.9. The molecule has 1 fully saturated rings. The fourth-order valence-corrected chi connectivity index (χ4v) is 3.91. The molecule has 1 aliphatic carbocycles. The molecule has 0 aliphatic heterocycles. The standard InChI is InChI=1S/C15H16BrNS/c16-14-6-7-18-15(14)10-17-13-8-12(9-13)11-4-2-1-3-5-11/h1-7,12-13,17H,8-10H2. The number of halogens is 1. The molecule has 0 bridgehead atoms. The van der Waals surface area contributed by atoms with E-state index in [0.717, 1.165) is 12.5 Å². The Morgan fingerprint density at radius 3 is 2.61 bits per heavy atom. The predicted octanol–water partition coefficient (Wildman–Crippen LogP) is 4.55. The zero-order valence-electron chi connectivity index (χ0n) is 10.1. The third-order valence-electron chi connectivity index (χ3n) is 3.65. The molecule has 1 heterocycles. The van der Waals surface area contributed by atoms with E-state index in [4.69, 9.17) is 0 Å². The van der Waals surface area contributed by atoms with Crippen LogP contribution in [-0.2, 0) is 6.54 Å². The van der Waals surface area contributed by atoms with Gasteiger partial charge in [0.1, 0.15) is 0 Å². The van der Waals surface area contributed by atoms with Gasteiger partial charge in [0.2, 0.25) is 0 Å². The summed E-state index contributed by atoms with van der Waals surface area (Å²) in [5.74, 6) is 0.760. The maximum Gasteiger partial charge on any atom is 0.0327 e. The minimum absolute atomic E-state index is 0.684. The molecule has 18 heavy (non-hydrogen) atoms. The van der Waals surface area contributed by atoms with Gasteiger partial charge in [0.25, 0.3) is 0 Å². The fraction of sp³-hybridized carbons (Fsp3) is 0.333. The van der Waals surface area contributed by atoms with E-state index in [0.29, 0.717) is 6.04 Å². The molecule has 0 radical (unpaired) electrons. The zero-order chi connectivity index (χ0) is 12.4. The van der Waals surface area contributed by atoms with Crippen molar-refractivity contribution in [2.45, 2.75) is 31.3 Å². The van der Waals surface area contributed by atoms with Crippen LogP contribution in [0.2, 0.25) is 0 Å². The van der Waals surface area contributed by atoms with Crippen molar-refractivity contribution < 1.29 is 0 Å². The second kappa shape index (κ2) is 5.55. The van der Waals surface area contributed by atoms with Crippen LogP contribution in [0.4, 0.5) is 0 Å². The van der Waals surface area contributed by atoms with Gasteiger partial charge < -0.3 is 5.32 Å². The van der Waals surface area contributed by atoms with Crippen molar-refractivity contribution in [1.82, 2.24) is 5.32 Å². The molecule has 1 aromatic heterocycles. The normalized spacial score (nSPS) is 22.7. The first kappa shape index (κ1) is 12.4. The van der Waals surface area contributed by atoms with Crippen molar-refractivity contribution in [2.24, 2.45) is 0 Å². The molecule has 0 unspecified atom stereocenters. The third kappa shape index (κ3) is 2.68. The Labute approximate surface area is 120 Å². The van der Waals surface area contributed by atoms with Gasteiger partial charge in [-0.05, 0) is 51.7 Å². The lowest BCUT2D eigenvalue weighted by Gasteiger charge is -2.36. The predicted molar refractivity (Wildman–Crippen MR) is 81.1 cm³/mol. The first-order chi connectivity index (χ1) is 8.83. The van der Waals surface area contributed by atoms with E-state index in [-0.39, 0.29) is 0 Å². The lowest BCUT2D eigenvalue weighted by atomic mass is 9.76. The van der Waals surface area contributed by atoms with Crippen LogP contribution in [0.3, 0.4) is 0 Å². The number of hydrogen-bond acceptors (Lipinski definition) is 2. The van der Waals surface area contributed by atoms with Gasteiger partial charge in [-0.1, -0.05) is 30.3 Å². The maximum absolute atomic E-state index is 3.64. The van der Waals surface area contributed by atoms with Crippen molar-refractivity contribution in [3.63, 3.8) is 0 Å². The molecule has 2 aromatic rings. The number of benzene rings is 1. The summed E-state index contributed by atoms with van der Waals surface area (Å²) in [6, 6.07) is 13.7. The Morgan fingerprint density at radius 2 is 1.94 bits per heavy atom. The van der Waals surface area contributed by atoms with Gasteiger partial charge in [-0.2, -0.15) is 0 Å². The fourth-order valence-electron chi connectivity index (χ4n) is 2.47. The van der Waals surface area contributed by atoms with Crippen molar-refractivity contribution >= 4 is 27.3 Å². The Bertz CT molecular complexity index is 502. The van der Waals surface area contributed by atoms with E-state index in [1.807, 2.05) is 11.3 Å². The van der Waals surface area contributed by atoms with E-state index in [1.165, 1.54) is 27.8 Å².